The molecule has 1 unspecified atom stereocenters. The minimum Gasteiger partial charge on any atom is -0.491 e. The number of rotatable bonds is 8. The van der Waals surface area contributed by atoms with Gasteiger partial charge in [-0.15, -0.1) is 11.3 Å². The molecule has 1 aliphatic rings. The van der Waals surface area contributed by atoms with Crippen molar-refractivity contribution in [2.45, 2.75) is 59.7 Å². The number of hydrogen-bond donors (Lipinski definition) is 0. The van der Waals surface area contributed by atoms with E-state index in [-0.39, 0.29) is 11.7 Å². The van der Waals surface area contributed by atoms with Crippen LogP contribution >= 0.6 is 27.3 Å². The predicted molar refractivity (Wildman–Crippen MR) is 99.2 cm³/mol. The van der Waals surface area contributed by atoms with Crippen molar-refractivity contribution in [3.8, 4) is 5.75 Å². The Bertz CT molecular complexity index is 477. The lowest BCUT2D eigenvalue weighted by atomic mass is 9.96. The normalized spacial score (nSPS) is 19.7. The zero-order valence-electron chi connectivity index (χ0n) is 14.7. The van der Waals surface area contributed by atoms with Crippen molar-refractivity contribution in [3.05, 3.63) is 14.7 Å². The molecule has 1 fully saturated rings. The molecule has 1 aliphatic heterocycles. The van der Waals surface area contributed by atoms with E-state index in [1.807, 2.05) is 0 Å². The van der Waals surface area contributed by atoms with Gasteiger partial charge < -0.3 is 14.2 Å². The molecule has 3 nitrogen and oxygen atoms in total. The van der Waals surface area contributed by atoms with Gasteiger partial charge in [0, 0.05) is 11.5 Å². The molecule has 1 aromatic rings. The first-order valence-corrected chi connectivity index (χ1v) is 10.2. The monoisotopic (exact) mass is 404 g/mol. The van der Waals surface area contributed by atoms with Crippen LogP contribution in [0.3, 0.4) is 0 Å². The van der Waals surface area contributed by atoms with Crippen LogP contribution in [-0.2, 0) is 9.47 Å². The third-order valence-electron chi connectivity index (χ3n) is 4.18. The maximum absolute atomic E-state index is 6.05. The first kappa shape index (κ1) is 19.2. The fraction of sp³-hybridized carbons (Fsp3) is 0.778. The van der Waals surface area contributed by atoms with Gasteiger partial charge in [-0.25, -0.2) is 0 Å². The highest BCUT2D eigenvalue weighted by atomic mass is 79.9. The van der Waals surface area contributed by atoms with Crippen molar-refractivity contribution in [1.29, 1.82) is 0 Å². The summed E-state index contributed by atoms with van der Waals surface area (Å²) in [6.45, 7) is 11.0. The van der Waals surface area contributed by atoms with Crippen LogP contribution in [-0.4, -0.2) is 19.8 Å². The Morgan fingerprint density at radius 3 is 2.65 bits per heavy atom. The molecule has 23 heavy (non-hydrogen) atoms. The number of thiophene rings is 1. The van der Waals surface area contributed by atoms with E-state index in [2.05, 4.69) is 49.7 Å². The number of ether oxygens (including phenoxy) is 3. The average Bonchev–Trinajstić information content (AvgIpc) is 2.88. The Morgan fingerprint density at radius 1 is 1.35 bits per heavy atom. The van der Waals surface area contributed by atoms with Gasteiger partial charge >= 0.3 is 0 Å². The smallest absolute Gasteiger partial charge is 0.193 e. The fourth-order valence-electron chi connectivity index (χ4n) is 2.55. The van der Waals surface area contributed by atoms with E-state index in [1.165, 1.54) is 25.7 Å². The van der Waals surface area contributed by atoms with Gasteiger partial charge in [0.25, 0.3) is 0 Å². The fourth-order valence-corrected chi connectivity index (χ4v) is 4.16. The van der Waals surface area contributed by atoms with Crippen LogP contribution in [0.15, 0.2) is 9.85 Å². The van der Waals surface area contributed by atoms with Crippen LogP contribution in [0.4, 0.5) is 0 Å². The second-order valence-electron chi connectivity index (χ2n) is 7.13. The molecule has 0 N–H and O–H groups in total. The Hall–Kier alpha value is -0.100. The second kappa shape index (κ2) is 8.84. The molecule has 2 rings (SSSR count). The molecule has 1 aromatic heterocycles. The van der Waals surface area contributed by atoms with E-state index in [9.17, 15) is 0 Å². The molecule has 0 radical (unpaired) electrons. The van der Waals surface area contributed by atoms with E-state index in [1.54, 1.807) is 11.3 Å². The van der Waals surface area contributed by atoms with Gasteiger partial charge in [0.1, 0.15) is 9.54 Å². The summed E-state index contributed by atoms with van der Waals surface area (Å²) in [6.07, 6.45) is 4.67. The molecule has 1 saturated heterocycles. The number of halogens is 1. The Kier molecular flexibility index (Phi) is 7.39. The lowest BCUT2D eigenvalue weighted by Crippen LogP contribution is -2.33. The maximum atomic E-state index is 6.05. The van der Waals surface area contributed by atoms with Crippen molar-refractivity contribution in [3.63, 3.8) is 0 Å². The third-order valence-corrected chi connectivity index (χ3v) is 5.98. The van der Waals surface area contributed by atoms with Crippen LogP contribution in [0.25, 0.3) is 0 Å². The standard InChI is InChI=1S/C18H29BrO3S/c1-5-7-8-13(6-2)10-20-14-9-15(23-16(14)19)17-21-11-18(3,4)12-22-17/h9,13,17H,5-8,10-12H2,1-4H3. The minimum absolute atomic E-state index is 0.0952. The second-order valence-corrected chi connectivity index (χ2v) is 9.53. The Balaban J connectivity index is 1.90. The van der Waals surface area contributed by atoms with Crippen LogP contribution in [0.2, 0.25) is 0 Å². The molecule has 0 saturated carbocycles. The average molecular weight is 405 g/mol. The van der Waals surface area contributed by atoms with E-state index in [4.69, 9.17) is 14.2 Å². The van der Waals surface area contributed by atoms with Gasteiger partial charge in [0.05, 0.1) is 24.7 Å². The quantitative estimate of drug-likeness (QED) is 0.517. The summed E-state index contributed by atoms with van der Waals surface area (Å²) in [5.74, 6) is 1.55. The summed E-state index contributed by atoms with van der Waals surface area (Å²) < 4.78 is 18.8. The lowest BCUT2D eigenvalue weighted by Gasteiger charge is -2.34. The van der Waals surface area contributed by atoms with Crippen molar-refractivity contribution >= 4 is 27.3 Å². The van der Waals surface area contributed by atoms with E-state index in [0.717, 1.165) is 34.2 Å². The highest BCUT2D eigenvalue weighted by Crippen LogP contribution is 2.41. The molecule has 2 heterocycles. The molecule has 0 aromatic carbocycles. The highest BCUT2D eigenvalue weighted by molar-refractivity contribution is 9.11. The van der Waals surface area contributed by atoms with Crippen molar-refractivity contribution in [2.75, 3.05) is 19.8 Å². The molecule has 132 valence electrons. The molecule has 0 spiro atoms. The van der Waals surface area contributed by atoms with Gasteiger partial charge in [0.2, 0.25) is 0 Å². The predicted octanol–water partition coefficient (Wildman–Crippen LogP) is 6.18. The summed E-state index contributed by atoms with van der Waals surface area (Å²) in [6, 6.07) is 2.06. The summed E-state index contributed by atoms with van der Waals surface area (Å²) in [7, 11) is 0. The maximum Gasteiger partial charge on any atom is 0.193 e. The molecule has 0 aliphatic carbocycles. The van der Waals surface area contributed by atoms with Crippen LogP contribution < -0.4 is 4.74 Å². The molecule has 0 amide bonds. The van der Waals surface area contributed by atoms with Gasteiger partial charge in [-0.05, 0) is 28.3 Å². The van der Waals surface area contributed by atoms with Gasteiger partial charge in [0.15, 0.2) is 6.29 Å². The van der Waals surface area contributed by atoms with Crippen molar-refractivity contribution in [1.82, 2.24) is 0 Å². The minimum atomic E-state index is -0.260. The molecular formula is C18H29BrO3S. The Morgan fingerprint density at radius 2 is 2.04 bits per heavy atom. The zero-order valence-corrected chi connectivity index (χ0v) is 17.1. The van der Waals surface area contributed by atoms with Crippen molar-refractivity contribution < 1.29 is 14.2 Å². The zero-order chi connectivity index (χ0) is 16.9. The molecular weight excluding hydrogens is 376 g/mol. The third kappa shape index (κ3) is 5.73. The largest absolute Gasteiger partial charge is 0.491 e. The summed E-state index contributed by atoms with van der Waals surface area (Å²) in [5, 5.41) is 0. The number of hydrogen-bond acceptors (Lipinski definition) is 4. The molecule has 5 heteroatoms. The summed E-state index contributed by atoms with van der Waals surface area (Å²) in [5.41, 5.74) is 0.0952. The number of unbranched alkanes of at least 4 members (excludes halogenated alkanes) is 1. The van der Waals surface area contributed by atoms with Gasteiger partial charge in [-0.2, -0.15) is 0 Å². The van der Waals surface area contributed by atoms with Gasteiger partial charge in [-0.3, -0.25) is 0 Å². The summed E-state index contributed by atoms with van der Waals surface area (Å²) in [4.78, 5) is 1.07. The molecule has 0 bridgehead atoms. The van der Waals surface area contributed by atoms with E-state index < -0.39 is 0 Å². The van der Waals surface area contributed by atoms with Gasteiger partial charge in [-0.1, -0.05) is 47.0 Å². The Labute approximate surface area is 152 Å². The highest BCUT2D eigenvalue weighted by Gasteiger charge is 2.30. The van der Waals surface area contributed by atoms with Crippen LogP contribution in [0.1, 0.15) is 64.5 Å². The van der Waals surface area contributed by atoms with Crippen molar-refractivity contribution in [2.24, 2.45) is 11.3 Å². The van der Waals surface area contributed by atoms with E-state index >= 15 is 0 Å². The first-order chi connectivity index (χ1) is 10.9. The summed E-state index contributed by atoms with van der Waals surface area (Å²) >= 11 is 5.25. The van der Waals surface area contributed by atoms with Crippen LogP contribution in [0, 0.1) is 11.3 Å². The van der Waals surface area contributed by atoms with E-state index in [0.29, 0.717) is 5.92 Å². The van der Waals surface area contributed by atoms with Crippen LogP contribution in [0.5, 0.6) is 5.75 Å². The first-order valence-electron chi connectivity index (χ1n) is 8.60. The topological polar surface area (TPSA) is 27.7 Å². The lowest BCUT2D eigenvalue weighted by molar-refractivity contribution is -0.224. The molecule has 1 atom stereocenters. The SMILES string of the molecule is CCCCC(CC)COc1cc(C2OCC(C)(C)CO2)sc1Br.